The van der Waals surface area contributed by atoms with Gasteiger partial charge in [0.15, 0.2) is 0 Å². The first-order valence-electron chi connectivity index (χ1n) is 5.38. The molecule has 1 saturated carbocycles. The molecule has 0 radical (unpaired) electrons. The summed E-state index contributed by atoms with van der Waals surface area (Å²) in [4.78, 5) is 2.96. The Kier molecular flexibility index (Phi) is 2.67. The summed E-state index contributed by atoms with van der Waals surface area (Å²) in [7, 11) is 0. The highest BCUT2D eigenvalue weighted by Gasteiger charge is 2.21. The van der Waals surface area contributed by atoms with Crippen molar-refractivity contribution in [3.63, 3.8) is 0 Å². The van der Waals surface area contributed by atoms with Gasteiger partial charge in [0.25, 0.3) is 0 Å². The molecule has 0 saturated heterocycles. The fourth-order valence-corrected chi connectivity index (χ4v) is 2.42. The van der Waals surface area contributed by atoms with Crippen molar-refractivity contribution in [2.45, 2.75) is 51.6 Å². The molecule has 0 aliphatic heterocycles. The van der Waals surface area contributed by atoms with Crippen LogP contribution in [0.15, 0.2) is 12.1 Å². The Bertz CT molecular complexity index is 304. The molecule has 2 heteroatoms. The molecule has 0 spiro atoms. The molecule has 1 aliphatic carbocycles. The van der Waals surface area contributed by atoms with Crippen molar-refractivity contribution in [1.29, 1.82) is 0 Å². The Hall–Kier alpha value is -0.340. The van der Waals surface area contributed by atoms with Gasteiger partial charge in [-0.15, -0.1) is 11.3 Å². The van der Waals surface area contributed by atoms with Crippen LogP contribution >= 0.6 is 11.3 Å². The van der Waals surface area contributed by atoms with E-state index in [1.165, 1.54) is 22.6 Å². The molecule has 1 nitrogen and oxygen atoms in total. The van der Waals surface area contributed by atoms with E-state index in [2.05, 4.69) is 38.2 Å². The van der Waals surface area contributed by atoms with Crippen LogP contribution in [0.4, 0.5) is 0 Å². The van der Waals surface area contributed by atoms with Crippen LogP contribution < -0.4 is 5.32 Å². The van der Waals surface area contributed by atoms with Gasteiger partial charge < -0.3 is 5.32 Å². The van der Waals surface area contributed by atoms with E-state index in [4.69, 9.17) is 0 Å². The topological polar surface area (TPSA) is 12.0 Å². The zero-order valence-corrected chi connectivity index (χ0v) is 10.1. The highest BCUT2D eigenvalue weighted by molar-refractivity contribution is 7.12. The highest BCUT2D eigenvalue weighted by atomic mass is 32.1. The Labute approximate surface area is 90.5 Å². The summed E-state index contributed by atoms with van der Waals surface area (Å²) in [5.41, 5.74) is 0.308. The van der Waals surface area contributed by atoms with Crippen LogP contribution in [0.25, 0.3) is 0 Å². The second-order valence-corrected chi connectivity index (χ2v) is 6.34. The van der Waals surface area contributed by atoms with Crippen LogP contribution in [0, 0.1) is 0 Å². The van der Waals surface area contributed by atoms with E-state index in [9.17, 15) is 0 Å². The lowest BCUT2D eigenvalue weighted by Gasteiger charge is -2.15. The summed E-state index contributed by atoms with van der Waals surface area (Å²) in [5, 5.41) is 3.55. The van der Waals surface area contributed by atoms with Crippen molar-refractivity contribution in [3.05, 3.63) is 21.9 Å². The first kappa shape index (κ1) is 10.2. The summed E-state index contributed by atoms with van der Waals surface area (Å²) < 4.78 is 0. The molecule has 0 atom stereocenters. The van der Waals surface area contributed by atoms with Crippen molar-refractivity contribution in [3.8, 4) is 0 Å². The maximum Gasteiger partial charge on any atom is 0.0302 e. The molecule has 1 aromatic rings. The number of thiophene rings is 1. The molecule has 0 amide bonds. The van der Waals surface area contributed by atoms with Gasteiger partial charge in [-0.1, -0.05) is 20.8 Å². The number of hydrogen-bond acceptors (Lipinski definition) is 2. The summed E-state index contributed by atoms with van der Waals surface area (Å²) >= 11 is 1.95. The third kappa shape index (κ3) is 2.58. The summed E-state index contributed by atoms with van der Waals surface area (Å²) in [5.74, 6) is 0. The summed E-state index contributed by atoms with van der Waals surface area (Å²) in [6.07, 6.45) is 2.75. The Morgan fingerprint density at radius 1 is 1.36 bits per heavy atom. The number of hydrogen-bond donors (Lipinski definition) is 1. The van der Waals surface area contributed by atoms with Crippen molar-refractivity contribution in [2.75, 3.05) is 0 Å². The van der Waals surface area contributed by atoms with E-state index in [1.807, 2.05) is 11.3 Å². The van der Waals surface area contributed by atoms with E-state index in [0.717, 1.165) is 12.6 Å². The molecule has 14 heavy (non-hydrogen) atoms. The molecule has 1 N–H and O–H groups in total. The van der Waals surface area contributed by atoms with E-state index < -0.39 is 0 Å². The van der Waals surface area contributed by atoms with Crippen LogP contribution in [0.5, 0.6) is 0 Å². The lowest BCUT2D eigenvalue weighted by molar-refractivity contribution is 0.604. The van der Waals surface area contributed by atoms with Crippen LogP contribution in [-0.2, 0) is 12.0 Å². The van der Waals surface area contributed by atoms with Gasteiger partial charge in [-0.25, -0.2) is 0 Å². The molecule has 0 bridgehead atoms. The quantitative estimate of drug-likeness (QED) is 0.805. The molecule has 2 rings (SSSR count). The summed E-state index contributed by atoms with van der Waals surface area (Å²) in [6.45, 7) is 7.89. The van der Waals surface area contributed by atoms with Crippen molar-refractivity contribution >= 4 is 11.3 Å². The van der Waals surface area contributed by atoms with Gasteiger partial charge in [-0.3, -0.25) is 0 Å². The summed E-state index contributed by atoms with van der Waals surface area (Å²) in [6, 6.07) is 5.35. The Morgan fingerprint density at radius 2 is 2.07 bits per heavy atom. The maximum atomic E-state index is 3.55. The monoisotopic (exact) mass is 209 g/mol. The average molecular weight is 209 g/mol. The number of rotatable bonds is 3. The standard InChI is InChI=1S/C12H19NS/c1-12(2,3)11-7-6-10(14-11)8-13-9-4-5-9/h6-7,9,13H,4-5,8H2,1-3H3. The molecular weight excluding hydrogens is 190 g/mol. The second kappa shape index (κ2) is 3.67. The van der Waals surface area contributed by atoms with E-state index in [-0.39, 0.29) is 0 Å². The predicted molar refractivity (Wildman–Crippen MR) is 62.9 cm³/mol. The zero-order chi connectivity index (χ0) is 10.2. The Balaban J connectivity index is 1.94. The van der Waals surface area contributed by atoms with E-state index >= 15 is 0 Å². The largest absolute Gasteiger partial charge is 0.309 e. The fourth-order valence-electron chi connectivity index (χ4n) is 1.41. The molecule has 1 fully saturated rings. The van der Waals surface area contributed by atoms with Crippen LogP contribution in [0.3, 0.4) is 0 Å². The number of nitrogens with one attached hydrogen (secondary N) is 1. The molecule has 1 aliphatic rings. The van der Waals surface area contributed by atoms with Crippen molar-refractivity contribution in [1.82, 2.24) is 5.32 Å². The molecule has 1 heterocycles. The second-order valence-electron chi connectivity index (χ2n) is 5.17. The Morgan fingerprint density at radius 3 is 2.57 bits per heavy atom. The minimum absolute atomic E-state index is 0.308. The lowest BCUT2D eigenvalue weighted by atomic mass is 9.95. The maximum absolute atomic E-state index is 3.55. The highest BCUT2D eigenvalue weighted by Crippen LogP contribution is 2.29. The van der Waals surface area contributed by atoms with Crippen molar-refractivity contribution in [2.24, 2.45) is 0 Å². The fraction of sp³-hybridized carbons (Fsp3) is 0.667. The third-order valence-corrected chi connectivity index (χ3v) is 4.05. The first-order valence-corrected chi connectivity index (χ1v) is 6.20. The minimum atomic E-state index is 0.308. The van der Waals surface area contributed by atoms with Gasteiger partial charge in [0.1, 0.15) is 0 Å². The average Bonchev–Trinajstić information content (AvgIpc) is 2.77. The molecule has 1 aromatic heterocycles. The normalized spacial score (nSPS) is 17.4. The van der Waals surface area contributed by atoms with Gasteiger partial charge in [-0.2, -0.15) is 0 Å². The van der Waals surface area contributed by atoms with Gasteiger partial charge in [0, 0.05) is 22.3 Å². The molecule has 0 unspecified atom stereocenters. The SMILES string of the molecule is CC(C)(C)c1ccc(CNC2CC2)s1. The third-order valence-electron chi connectivity index (χ3n) is 2.54. The van der Waals surface area contributed by atoms with Gasteiger partial charge in [0.2, 0.25) is 0 Å². The van der Waals surface area contributed by atoms with E-state index in [0.29, 0.717) is 5.41 Å². The molecular formula is C12H19NS. The van der Waals surface area contributed by atoms with E-state index in [1.54, 1.807) is 0 Å². The van der Waals surface area contributed by atoms with Crippen LogP contribution in [-0.4, -0.2) is 6.04 Å². The minimum Gasteiger partial charge on any atom is -0.309 e. The van der Waals surface area contributed by atoms with Crippen LogP contribution in [0.2, 0.25) is 0 Å². The molecule has 78 valence electrons. The first-order chi connectivity index (χ1) is 6.55. The predicted octanol–water partition coefficient (Wildman–Crippen LogP) is 3.30. The zero-order valence-electron chi connectivity index (χ0n) is 9.26. The van der Waals surface area contributed by atoms with Gasteiger partial charge in [-0.05, 0) is 30.4 Å². The van der Waals surface area contributed by atoms with Gasteiger partial charge in [0.05, 0.1) is 0 Å². The lowest BCUT2D eigenvalue weighted by Crippen LogP contribution is -2.14. The molecule has 0 aromatic carbocycles. The smallest absolute Gasteiger partial charge is 0.0302 e. The van der Waals surface area contributed by atoms with Crippen LogP contribution in [0.1, 0.15) is 43.4 Å². The van der Waals surface area contributed by atoms with Crippen molar-refractivity contribution < 1.29 is 0 Å². The van der Waals surface area contributed by atoms with Gasteiger partial charge >= 0.3 is 0 Å².